The molecular weight excluding hydrogens is 208 g/mol. The second-order valence-electron chi connectivity index (χ2n) is 2.83. The minimum absolute atomic E-state index is 0.103. The number of aromatic nitrogens is 1. The predicted molar refractivity (Wildman–Crippen MR) is 47.7 cm³/mol. The summed E-state index contributed by atoms with van der Waals surface area (Å²) in [6.07, 6.45) is -1.86. The molecule has 0 amide bonds. The molecule has 15 heavy (non-hydrogen) atoms. The number of nitrogens with one attached hydrogen (secondary N) is 1. The van der Waals surface area contributed by atoms with Crippen LogP contribution in [0.15, 0.2) is 17.1 Å². The van der Waals surface area contributed by atoms with Crippen LogP contribution in [0.2, 0.25) is 0 Å². The zero-order valence-corrected chi connectivity index (χ0v) is 7.92. The third-order valence-corrected chi connectivity index (χ3v) is 1.81. The van der Waals surface area contributed by atoms with E-state index in [1.807, 2.05) is 0 Å². The highest BCUT2D eigenvalue weighted by atomic mass is 19.3. The number of hydrogen-bond donors (Lipinski definition) is 1. The van der Waals surface area contributed by atoms with Crippen LogP contribution in [0, 0.1) is 0 Å². The molecule has 0 aromatic carbocycles. The molecule has 0 bridgehead atoms. The number of aromatic amines is 1. The molecule has 4 nitrogen and oxygen atoms in total. The third kappa shape index (κ3) is 2.87. The topological polar surface area (TPSA) is 59.2 Å². The van der Waals surface area contributed by atoms with Gasteiger partial charge in [-0.15, -0.1) is 0 Å². The summed E-state index contributed by atoms with van der Waals surface area (Å²) in [5, 5.41) is 0. The molecule has 0 unspecified atom stereocenters. The molecule has 1 rings (SSSR count). The smallest absolute Gasteiger partial charge is 0.310 e. The summed E-state index contributed by atoms with van der Waals surface area (Å²) in [5.74, 6) is -0.592. The number of pyridine rings is 1. The Balaban J connectivity index is 2.94. The third-order valence-electron chi connectivity index (χ3n) is 1.81. The number of carbonyl (C=O) groups is 1. The molecule has 0 aliphatic carbocycles. The molecule has 1 N–H and O–H groups in total. The first-order valence-corrected chi connectivity index (χ1v) is 4.11. The Morgan fingerprint density at radius 2 is 2.27 bits per heavy atom. The fourth-order valence-corrected chi connectivity index (χ4v) is 1.01. The van der Waals surface area contributed by atoms with Gasteiger partial charge in [0.1, 0.15) is 0 Å². The molecule has 0 fully saturated rings. The standard InChI is InChI=1S/C9H9F2NO3/c1-15-8(14)2-5-4-12-6(9(10)11)3-7(5)13/h3-4,9H,2H2,1H3,(H,12,13). The first-order valence-electron chi connectivity index (χ1n) is 4.11. The zero-order valence-electron chi connectivity index (χ0n) is 7.92. The van der Waals surface area contributed by atoms with Crippen LogP contribution in [0.5, 0.6) is 0 Å². The van der Waals surface area contributed by atoms with E-state index in [0.717, 1.165) is 12.3 Å². The summed E-state index contributed by atoms with van der Waals surface area (Å²) in [7, 11) is 1.18. The van der Waals surface area contributed by atoms with Gasteiger partial charge >= 0.3 is 5.97 Å². The first kappa shape index (κ1) is 11.4. The van der Waals surface area contributed by atoms with E-state index in [1.54, 1.807) is 0 Å². The summed E-state index contributed by atoms with van der Waals surface area (Å²) in [5.41, 5.74) is -0.964. The number of alkyl halides is 2. The Labute approximate surface area is 83.9 Å². The van der Waals surface area contributed by atoms with Crippen LogP contribution in [0.25, 0.3) is 0 Å². The van der Waals surface area contributed by atoms with Gasteiger partial charge in [0.15, 0.2) is 5.43 Å². The Kier molecular flexibility index (Phi) is 3.54. The van der Waals surface area contributed by atoms with E-state index in [2.05, 4.69) is 9.72 Å². The fourth-order valence-electron chi connectivity index (χ4n) is 1.01. The molecular formula is C9H9F2NO3. The van der Waals surface area contributed by atoms with Crippen LogP contribution in [0.1, 0.15) is 17.7 Å². The number of ether oxygens (including phenoxy) is 1. The molecule has 0 saturated carbocycles. The lowest BCUT2D eigenvalue weighted by Gasteiger charge is -2.02. The fraction of sp³-hybridized carbons (Fsp3) is 0.333. The number of halogens is 2. The monoisotopic (exact) mass is 217 g/mol. The van der Waals surface area contributed by atoms with Crippen LogP contribution >= 0.6 is 0 Å². The van der Waals surface area contributed by atoms with E-state index >= 15 is 0 Å². The molecule has 0 atom stereocenters. The van der Waals surface area contributed by atoms with Crippen molar-refractivity contribution in [1.29, 1.82) is 0 Å². The summed E-state index contributed by atoms with van der Waals surface area (Å²) < 4.78 is 28.6. The second-order valence-corrected chi connectivity index (χ2v) is 2.83. The average molecular weight is 217 g/mol. The van der Waals surface area contributed by atoms with Crippen LogP contribution in [-0.2, 0) is 16.0 Å². The van der Waals surface area contributed by atoms with Crippen LogP contribution in [-0.4, -0.2) is 18.1 Å². The van der Waals surface area contributed by atoms with Gasteiger partial charge in [-0.2, -0.15) is 0 Å². The van der Waals surface area contributed by atoms with Crippen molar-refractivity contribution in [3.8, 4) is 0 Å². The van der Waals surface area contributed by atoms with Gasteiger partial charge in [-0.1, -0.05) is 0 Å². The van der Waals surface area contributed by atoms with Gasteiger partial charge in [0.05, 0.1) is 19.2 Å². The number of rotatable bonds is 3. The molecule has 1 heterocycles. The largest absolute Gasteiger partial charge is 0.469 e. The minimum Gasteiger partial charge on any atom is -0.469 e. The minimum atomic E-state index is -2.73. The summed E-state index contributed by atoms with van der Waals surface area (Å²) in [6.45, 7) is 0. The van der Waals surface area contributed by atoms with E-state index in [9.17, 15) is 18.4 Å². The zero-order chi connectivity index (χ0) is 11.4. The van der Waals surface area contributed by atoms with E-state index in [-0.39, 0.29) is 12.0 Å². The highest BCUT2D eigenvalue weighted by Gasteiger charge is 2.11. The Hall–Kier alpha value is -1.72. The molecule has 1 aromatic rings. The average Bonchev–Trinajstić information content (AvgIpc) is 2.20. The van der Waals surface area contributed by atoms with Gasteiger partial charge < -0.3 is 9.72 Å². The molecule has 0 spiro atoms. The van der Waals surface area contributed by atoms with Gasteiger partial charge in [0.25, 0.3) is 6.43 Å². The maximum atomic E-state index is 12.1. The lowest BCUT2D eigenvalue weighted by Crippen LogP contribution is -2.15. The number of methoxy groups -OCH3 is 1. The molecule has 6 heteroatoms. The molecule has 0 aliphatic rings. The summed E-state index contributed by atoms with van der Waals surface area (Å²) in [4.78, 5) is 24.3. The number of H-pyrrole nitrogens is 1. The van der Waals surface area contributed by atoms with Gasteiger partial charge in [0, 0.05) is 17.8 Å². The van der Waals surface area contributed by atoms with Crippen molar-refractivity contribution in [2.75, 3.05) is 7.11 Å². The number of esters is 1. The highest BCUT2D eigenvalue weighted by molar-refractivity contribution is 5.72. The predicted octanol–water partition coefficient (Wildman–Crippen LogP) is 1.03. The second kappa shape index (κ2) is 4.68. The molecule has 0 radical (unpaired) electrons. The van der Waals surface area contributed by atoms with E-state index in [0.29, 0.717) is 0 Å². The Morgan fingerprint density at radius 1 is 1.60 bits per heavy atom. The normalized spacial score (nSPS) is 10.4. The van der Waals surface area contributed by atoms with E-state index < -0.39 is 23.5 Å². The maximum absolute atomic E-state index is 12.1. The van der Waals surface area contributed by atoms with Crippen molar-refractivity contribution in [2.24, 2.45) is 0 Å². The van der Waals surface area contributed by atoms with Crippen molar-refractivity contribution in [3.63, 3.8) is 0 Å². The van der Waals surface area contributed by atoms with Crippen molar-refractivity contribution in [1.82, 2.24) is 4.98 Å². The molecule has 0 aliphatic heterocycles. The molecule has 1 aromatic heterocycles. The summed E-state index contributed by atoms with van der Waals surface area (Å²) >= 11 is 0. The van der Waals surface area contributed by atoms with Gasteiger partial charge in [-0.05, 0) is 0 Å². The number of carbonyl (C=O) groups excluding carboxylic acids is 1. The molecule has 0 saturated heterocycles. The lowest BCUT2D eigenvalue weighted by molar-refractivity contribution is -0.139. The van der Waals surface area contributed by atoms with Crippen LogP contribution in [0.4, 0.5) is 8.78 Å². The van der Waals surface area contributed by atoms with Crippen molar-refractivity contribution >= 4 is 5.97 Å². The van der Waals surface area contributed by atoms with Crippen molar-refractivity contribution in [3.05, 3.63) is 33.7 Å². The highest BCUT2D eigenvalue weighted by Crippen LogP contribution is 2.13. The lowest BCUT2D eigenvalue weighted by atomic mass is 10.2. The first-order chi connectivity index (χ1) is 7.04. The van der Waals surface area contributed by atoms with Gasteiger partial charge in [-0.25, -0.2) is 8.78 Å². The van der Waals surface area contributed by atoms with Crippen molar-refractivity contribution < 1.29 is 18.3 Å². The van der Waals surface area contributed by atoms with Crippen LogP contribution in [0.3, 0.4) is 0 Å². The van der Waals surface area contributed by atoms with E-state index in [4.69, 9.17) is 0 Å². The summed E-state index contributed by atoms with van der Waals surface area (Å²) in [6, 6.07) is 0.781. The molecule has 82 valence electrons. The Bertz CT molecular complexity index is 414. The van der Waals surface area contributed by atoms with E-state index in [1.165, 1.54) is 7.11 Å². The Morgan fingerprint density at radius 3 is 2.73 bits per heavy atom. The maximum Gasteiger partial charge on any atom is 0.310 e. The van der Waals surface area contributed by atoms with Crippen molar-refractivity contribution in [2.45, 2.75) is 12.8 Å². The van der Waals surface area contributed by atoms with Crippen LogP contribution < -0.4 is 5.43 Å². The van der Waals surface area contributed by atoms with Gasteiger partial charge in [-0.3, -0.25) is 9.59 Å². The van der Waals surface area contributed by atoms with Gasteiger partial charge in [0.2, 0.25) is 0 Å². The number of hydrogen-bond acceptors (Lipinski definition) is 3. The quantitative estimate of drug-likeness (QED) is 0.769. The SMILES string of the molecule is COC(=O)Cc1c[nH]c(C(F)F)cc1=O.